The lowest BCUT2D eigenvalue weighted by molar-refractivity contribution is 0.102. The van der Waals surface area contributed by atoms with E-state index >= 15 is 0 Å². The van der Waals surface area contributed by atoms with E-state index in [1.807, 2.05) is 110 Å². The number of pyridine rings is 1. The average molecular weight is 465 g/mol. The lowest BCUT2D eigenvalue weighted by Gasteiger charge is -2.15. The van der Waals surface area contributed by atoms with E-state index in [1.54, 1.807) is 0 Å². The molecule has 0 saturated carbocycles. The summed E-state index contributed by atoms with van der Waals surface area (Å²) in [5.41, 5.74) is 4.51. The van der Waals surface area contributed by atoms with E-state index in [0.29, 0.717) is 22.0 Å². The van der Waals surface area contributed by atoms with Gasteiger partial charge in [-0.3, -0.25) is 4.79 Å². The molecular formula is C29H21ClN2O2. The number of hydrogen-bond acceptors (Lipinski definition) is 3. The molecule has 0 spiro atoms. The van der Waals surface area contributed by atoms with Gasteiger partial charge in [0, 0.05) is 21.7 Å². The first-order valence-electron chi connectivity index (χ1n) is 10.9. The highest BCUT2D eigenvalue weighted by molar-refractivity contribution is 6.30. The van der Waals surface area contributed by atoms with Crippen molar-refractivity contribution in [2.24, 2.45) is 0 Å². The number of carbonyl (C=O) groups excluding carboxylic acids is 1. The van der Waals surface area contributed by atoms with Crippen molar-refractivity contribution in [2.45, 2.75) is 6.92 Å². The number of ether oxygens (including phenoxy) is 1. The molecule has 5 heteroatoms. The summed E-state index contributed by atoms with van der Waals surface area (Å²) in [6.45, 7) is 1.93. The van der Waals surface area contributed by atoms with Gasteiger partial charge in [-0.25, -0.2) is 4.98 Å². The summed E-state index contributed by atoms with van der Waals surface area (Å²) in [6.07, 6.45) is 0. The Morgan fingerprint density at radius 3 is 2.18 bits per heavy atom. The van der Waals surface area contributed by atoms with E-state index in [9.17, 15) is 4.79 Å². The fourth-order valence-electron chi connectivity index (χ4n) is 3.91. The van der Waals surface area contributed by atoms with Crippen molar-refractivity contribution >= 4 is 34.1 Å². The number of carbonyl (C=O) groups is 1. The Morgan fingerprint density at radius 1 is 0.794 bits per heavy atom. The molecule has 0 radical (unpaired) electrons. The van der Waals surface area contributed by atoms with E-state index < -0.39 is 0 Å². The van der Waals surface area contributed by atoms with Gasteiger partial charge in [0.1, 0.15) is 11.5 Å². The number of rotatable bonds is 5. The normalized spacial score (nSPS) is 10.8. The van der Waals surface area contributed by atoms with Crippen LogP contribution in [0.5, 0.6) is 11.5 Å². The number of para-hydroxylation sites is 2. The number of hydrogen-bond donors (Lipinski definition) is 1. The summed E-state index contributed by atoms with van der Waals surface area (Å²) >= 11 is 6.07. The predicted octanol–water partition coefficient (Wildman–Crippen LogP) is 7.91. The Balaban J connectivity index is 1.47. The van der Waals surface area contributed by atoms with Crippen molar-refractivity contribution in [3.8, 4) is 22.8 Å². The Bertz CT molecular complexity index is 1460. The first kappa shape index (κ1) is 21.7. The van der Waals surface area contributed by atoms with Crippen molar-refractivity contribution in [2.75, 3.05) is 5.32 Å². The fraction of sp³-hybridized carbons (Fsp3) is 0.0345. The van der Waals surface area contributed by atoms with Gasteiger partial charge in [0.05, 0.1) is 16.8 Å². The number of nitrogens with zero attached hydrogens (tertiary/aromatic N) is 1. The minimum absolute atomic E-state index is 0.192. The van der Waals surface area contributed by atoms with E-state index in [0.717, 1.165) is 33.5 Å². The number of anilines is 1. The second-order valence-electron chi connectivity index (χ2n) is 7.88. The van der Waals surface area contributed by atoms with Crippen molar-refractivity contribution in [3.05, 3.63) is 119 Å². The molecule has 0 atom stereocenters. The highest BCUT2D eigenvalue weighted by Gasteiger charge is 2.19. The Labute approximate surface area is 202 Å². The highest BCUT2D eigenvalue weighted by Crippen LogP contribution is 2.31. The average Bonchev–Trinajstić information content (AvgIpc) is 2.86. The molecule has 4 nitrogen and oxygen atoms in total. The molecule has 1 aromatic heterocycles. The van der Waals surface area contributed by atoms with Crippen molar-refractivity contribution in [1.29, 1.82) is 0 Å². The maximum atomic E-state index is 13.5. The fourth-order valence-corrected chi connectivity index (χ4v) is 4.04. The first-order chi connectivity index (χ1) is 16.6. The quantitative estimate of drug-likeness (QED) is 0.287. The number of benzene rings is 4. The second-order valence-corrected chi connectivity index (χ2v) is 8.31. The van der Waals surface area contributed by atoms with E-state index in [1.165, 1.54) is 0 Å². The van der Waals surface area contributed by atoms with Gasteiger partial charge < -0.3 is 10.1 Å². The SMILES string of the molecule is Cc1c(-c2ccc(Cl)cc2)nc2ccccc2c1C(=O)Nc1ccc(Oc2ccccc2)cc1. The van der Waals surface area contributed by atoms with Crippen LogP contribution < -0.4 is 10.1 Å². The second kappa shape index (κ2) is 9.38. The number of fused-ring (bicyclic) bond motifs is 1. The smallest absolute Gasteiger partial charge is 0.256 e. The van der Waals surface area contributed by atoms with Crippen LogP contribution in [0.25, 0.3) is 22.2 Å². The van der Waals surface area contributed by atoms with E-state index in [4.69, 9.17) is 21.3 Å². The predicted molar refractivity (Wildman–Crippen MR) is 138 cm³/mol. The zero-order valence-electron chi connectivity index (χ0n) is 18.5. The summed E-state index contributed by atoms with van der Waals surface area (Å²) in [4.78, 5) is 18.3. The Hall–Kier alpha value is -4.15. The molecule has 0 aliphatic rings. The van der Waals surface area contributed by atoms with Crippen LogP contribution in [-0.4, -0.2) is 10.9 Å². The molecule has 0 aliphatic carbocycles. The van der Waals surface area contributed by atoms with Gasteiger partial charge in [-0.15, -0.1) is 0 Å². The minimum atomic E-state index is -0.192. The van der Waals surface area contributed by atoms with Gasteiger partial charge in [0.25, 0.3) is 5.91 Å². The van der Waals surface area contributed by atoms with E-state index in [2.05, 4.69) is 5.32 Å². The molecule has 0 saturated heterocycles. The summed E-state index contributed by atoms with van der Waals surface area (Å²) in [7, 11) is 0. The zero-order chi connectivity index (χ0) is 23.5. The monoisotopic (exact) mass is 464 g/mol. The molecule has 5 aromatic rings. The lowest BCUT2D eigenvalue weighted by atomic mass is 9.97. The molecule has 166 valence electrons. The molecule has 4 aromatic carbocycles. The van der Waals surface area contributed by atoms with Crippen molar-refractivity contribution in [3.63, 3.8) is 0 Å². The van der Waals surface area contributed by atoms with Crippen LogP contribution in [0.15, 0.2) is 103 Å². The van der Waals surface area contributed by atoms with Gasteiger partial charge in [-0.1, -0.05) is 60.1 Å². The molecule has 0 unspecified atom stereocenters. The molecular weight excluding hydrogens is 444 g/mol. The third-order valence-electron chi connectivity index (χ3n) is 5.57. The van der Waals surface area contributed by atoms with Crippen molar-refractivity contribution in [1.82, 2.24) is 4.98 Å². The molecule has 0 aliphatic heterocycles. The van der Waals surface area contributed by atoms with Crippen LogP contribution in [0.2, 0.25) is 5.02 Å². The molecule has 1 N–H and O–H groups in total. The molecule has 0 fully saturated rings. The van der Waals surface area contributed by atoms with Crippen LogP contribution >= 0.6 is 11.6 Å². The first-order valence-corrected chi connectivity index (χ1v) is 11.3. The summed E-state index contributed by atoms with van der Waals surface area (Å²) in [6, 6.07) is 32.0. The van der Waals surface area contributed by atoms with Gasteiger partial charge in [-0.2, -0.15) is 0 Å². The standard InChI is InChI=1S/C29H21ClN2O2/c1-19-27(25-9-5-6-10-26(25)32-28(19)20-11-13-21(30)14-12-20)29(33)31-22-15-17-24(18-16-22)34-23-7-3-2-4-8-23/h2-18H,1H3,(H,31,33). The Morgan fingerprint density at radius 2 is 1.44 bits per heavy atom. The van der Waals surface area contributed by atoms with Crippen LogP contribution in [-0.2, 0) is 0 Å². The highest BCUT2D eigenvalue weighted by atomic mass is 35.5. The zero-order valence-corrected chi connectivity index (χ0v) is 19.2. The summed E-state index contributed by atoms with van der Waals surface area (Å²) in [5.74, 6) is 1.26. The Kier molecular flexibility index (Phi) is 5.98. The third-order valence-corrected chi connectivity index (χ3v) is 5.82. The van der Waals surface area contributed by atoms with Gasteiger partial charge >= 0.3 is 0 Å². The molecule has 1 heterocycles. The topological polar surface area (TPSA) is 51.2 Å². The summed E-state index contributed by atoms with van der Waals surface area (Å²) in [5, 5.41) is 4.48. The van der Waals surface area contributed by atoms with Crippen LogP contribution in [0.4, 0.5) is 5.69 Å². The number of aromatic nitrogens is 1. The lowest BCUT2D eigenvalue weighted by Crippen LogP contribution is -2.15. The maximum Gasteiger partial charge on any atom is 0.256 e. The van der Waals surface area contributed by atoms with Crippen LogP contribution in [0.1, 0.15) is 15.9 Å². The molecule has 1 amide bonds. The number of nitrogens with one attached hydrogen (secondary N) is 1. The van der Waals surface area contributed by atoms with Gasteiger partial charge in [-0.05, 0) is 67.1 Å². The molecule has 0 bridgehead atoms. The largest absolute Gasteiger partial charge is 0.457 e. The summed E-state index contributed by atoms with van der Waals surface area (Å²) < 4.78 is 5.84. The van der Waals surface area contributed by atoms with E-state index in [-0.39, 0.29) is 5.91 Å². The number of halogens is 1. The molecule has 5 rings (SSSR count). The molecule has 34 heavy (non-hydrogen) atoms. The van der Waals surface area contributed by atoms with Gasteiger partial charge in [0.2, 0.25) is 0 Å². The van der Waals surface area contributed by atoms with Gasteiger partial charge in [0.15, 0.2) is 0 Å². The van der Waals surface area contributed by atoms with Crippen LogP contribution in [0, 0.1) is 6.92 Å². The minimum Gasteiger partial charge on any atom is -0.457 e. The van der Waals surface area contributed by atoms with Crippen LogP contribution in [0.3, 0.4) is 0 Å². The third kappa shape index (κ3) is 4.49. The maximum absolute atomic E-state index is 13.5. The van der Waals surface area contributed by atoms with Crippen molar-refractivity contribution < 1.29 is 9.53 Å². The number of amides is 1.